The van der Waals surface area contributed by atoms with Gasteiger partial charge in [-0.1, -0.05) is 133 Å². The van der Waals surface area contributed by atoms with Crippen LogP contribution in [-0.2, 0) is 0 Å². The number of rotatable bonds is 7. The summed E-state index contributed by atoms with van der Waals surface area (Å²) >= 11 is 0. The Labute approximate surface area is 345 Å². The van der Waals surface area contributed by atoms with Crippen LogP contribution in [0, 0.1) is 0 Å². The van der Waals surface area contributed by atoms with Gasteiger partial charge in [0.1, 0.15) is 16.7 Å². The zero-order chi connectivity index (χ0) is 39.6. The lowest BCUT2D eigenvalue weighted by Crippen LogP contribution is -2.12. The van der Waals surface area contributed by atoms with E-state index >= 15 is 0 Å². The van der Waals surface area contributed by atoms with E-state index in [0.29, 0.717) is 5.89 Å². The minimum absolute atomic E-state index is 0.599. The fourth-order valence-electron chi connectivity index (χ4n) is 8.90. The highest BCUT2D eigenvalue weighted by molar-refractivity contribution is 6.17. The van der Waals surface area contributed by atoms with E-state index in [1.165, 1.54) is 16.3 Å². The number of aromatic nitrogens is 2. The van der Waals surface area contributed by atoms with Gasteiger partial charge in [0.2, 0.25) is 5.89 Å². The van der Waals surface area contributed by atoms with Crippen molar-refractivity contribution in [1.82, 2.24) is 9.55 Å². The molecule has 5 nitrogen and oxygen atoms in total. The first-order valence-corrected chi connectivity index (χ1v) is 20.2. The van der Waals surface area contributed by atoms with Crippen molar-refractivity contribution in [3.05, 3.63) is 212 Å². The summed E-state index contributed by atoms with van der Waals surface area (Å²) in [4.78, 5) is 7.36. The molecule has 60 heavy (non-hydrogen) atoms. The van der Waals surface area contributed by atoms with E-state index in [2.05, 4.69) is 179 Å². The fourth-order valence-corrected chi connectivity index (χ4v) is 8.90. The number of furan rings is 1. The largest absolute Gasteiger partial charge is 0.456 e. The first-order chi connectivity index (χ1) is 29.8. The molecule has 5 heteroatoms. The molecule has 0 N–H and O–H groups in total. The summed E-state index contributed by atoms with van der Waals surface area (Å²) in [5.74, 6) is 0.599. The summed E-state index contributed by atoms with van der Waals surface area (Å²) in [7, 11) is 0. The van der Waals surface area contributed by atoms with Crippen molar-refractivity contribution in [3.63, 3.8) is 0 Å². The maximum Gasteiger partial charge on any atom is 0.227 e. The quantitative estimate of drug-likeness (QED) is 0.162. The van der Waals surface area contributed by atoms with Gasteiger partial charge in [-0.2, -0.15) is 0 Å². The van der Waals surface area contributed by atoms with Crippen LogP contribution in [0.15, 0.2) is 221 Å². The molecular formula is C55H35N3O2. The summed E-state index contributed by atoms with van der Waals surface area (Å²) in [6.07, 6.45) is 0. The van der Waals surface area contributed by atoms with E-state index in [0.717, 1.165) is 89.1 Å². The van der Waals surface area contributed by atoms with Gasteiger partial charge >= 0.3 is 0 Å². The SMILES string of the molecule is c1ccc(-c2nc3c(ccc4oc5cc(-c6ccc(N(c7ccccc7-c7ccccc7)c7cccc8c9ccccc9n(-c9ccccc9)c78)cc6)ccc5c43)o2)cc1. The van der Waals surface area contributed by atoms with Crippen LogP contribution in [0.4, 0.5) is 17.1 Å². The number of hydrogen-bond donors (Lipinski definition) is 0. The Morgan fingerprint density at radius 2 is 1.07 bits per heavy atom. The Bertz CT molecular complexity index is 3530. The molecule has 0 fully saturated rings. The summed E-state index contributed by atoms with van der Waals surface area (Å²) in [5.41, 5.74) is 15.2. The van der Waals surface area contributed by atoms with Crippen LogP contribution < -0.4 is 4.90 Å². The molecule has 3 heterocycles. The predicted octanol–water partition coefficient (Wildman–Crippen LogP) is 15.3. The van der Waals surface area contributed by atoms with Crippen molar-refractivity contribution < 1.29 is 8.83 Å². The van der Waals surface area contributed by atoms with Crippen molar-refractivity contribution in [2.75, 3.05) is 4.90 Å². The maximum atomic E-state index is 6.49. The van der Waals surface area contributed by atoms with E-state index in [-0.39, 0.29) is 0 Å². The van der Waals surface area contributed by atoms with Gasteiger partial charge in [-0.05, 0) is 95.6 Å². The summed E-state index contributed by atoms with van der Waals surface area (Å²) < 4.78 is 15.1. The third-order valence-electron chi connectivity index (χ3n) is 11.6. The van der Waals surface area contributed by atoms with E-state index in [4.69, 9.17) is 13.8 Å². The average Bonchev–Trinajstić information content (AvgIpc) is 4.02. The van der Waals surface area contributed by atoms with Gasteiger partial charge in [0.15, 0.2) is 5.58 Å². The zero-order valence-corrected chi connectivity index (χ0v) is 32.4. The van der Waals surface area contributed by atoms with Crippen LogP contribution in [0.25, 0.3) is 94.2 Å². The summed E-state index contributed by atoms with van der Waals surface area (Å²) in [5, 5.41) is 4.38. The Kier molecular flexibility index (Phi) is 7.78. The smallest absolute Gasteiger partial charge is 0.227 e. The predicted molar refractivity (Wildman–Crippen MR) is 247 cm³/mol. The highest BCUT2D eigenvalue weighted by Crippen LogP contribution is 2.46. The standard InChI is InChI=1S/C55H35N3O2/c1-4-15-37(16-5-1)42-21-10-12-24-46(42)57(48-26-14-23-44-43-22-11-13-25-47(43)58(54(44)48)40-19-8-3-9-20-40)41-30-27-36(28-31-41)39-29-32-45-51(35-39)59-49-33-34-50-53(52(45)49)56-55(60-50)38-17-6-2-7-18-38/h1-35H. The van der Waals surface area contributed by atoms with Gasteiger partial charge in [0.25, 0.3) is 0 Å². The third-order valence-corrected chi connectivity index (χ3v) is 11.6. The van der Waals surface area contributed by atoms with Gasteiger partial charge in [-0.25, -0.2) is 4.98 Å². The summed E-state index contributed by atoms with van der Waals surface area (Å²) in [6.45, 7) is 0. The van der Waals surface area contributed by atoms with Crippen LogP contribution in [0.3, 0.4) is 0 Å². The fraction of sp³-hybridized carbons (Fsp3) is 0. The lowest BCUT2D eigenvalue weighted by atomic mass is 10.00. The topological polar surface area (TPSA) is 47.3 Å². The summed E-state index contributed by atoms with van der Waals surface area (Å²) in [6, 6.07) is 74.7. The Balaban J connectivity index is 1.02. The molecule has 0 saturated heterocycles. The molecule has 0 atom stereocenters. The van der Waals surface area contributed by atoms with Gasteiger partial charge in [-0.3, -0.25) is 0 Å². The molecule has 12 rings (SSSR count). The third kappa shape index (κ3) is 5.44. The Morgan fingerprint density at radius 1 is 0.417 bits per heavy atom. The molecule has 0 radical (unpaired) electrons. The molecule has 0 aliphatic heterocycles. The van der Waals surface area contributed by atoms with Crippen molar-refractivity contribution >= 4 is 71.9 Å². The monoisotopic (exact) mass is 769 g/mol. The van der Waals surface area contributed by atoms with Crippen LogP contribution in [0.5, 0.6) is 0 Å². The van der Waals surface area contributed by atoms with E-state index in [9.17, 15) is 0 Å². The van der Waals surface area contributed by atoms with E-state index in [1.54, 1.807) is 0 Å². The van der Waals surface area contributed by atoms with Gasteiger partial charge in [0.05, 0.1) is 27.8 Å². The van der Waals surface area contributed by atoms with Crippen molar-refractivity contribution in [1.29, 1.82) is 0 Å². The molecule has 12 aromatic rings. The highest BCUT2D eigenvalue weighted by atomic mass is 16.4. The van der Waals surface area contributed by atoms with Crippen LogP contribution in [0.2, 0.25) is 0 Å². The molecular weight excluding hydrogens is 735 g/mol. The first-order valence-electron chi connectivity index (χ1n) is 20.2. The number of anilines is 3. The molecule has 0 amide bonds. The van der Waals surface area contributed by atoms with Crippen molar-refractivity contribution in [2.24, 2.45) is 0 Å². The number of hydrogen-bond acceptors (Lipinski definition) is 4. The lowest BCUT2D eigenvalue weighted by molar-refractivity contribution is 0.619. The first kappa shape index (κ1) is 33.9. The minimum atomic E-state index is 0.599. The second kappa shape index (κ2) is 13.8. The van der Waals surface area contributed by atoms with Gasteiger partial charge < -0.3 is 18.3 Å². The molecule has 0 unspecified atom stereocenters. The normalized spacial score (nSPS) is 11.7. The number of nitrogens with zero attached hydrogens (tertiary/aromatic N) is 3. The zero-order valence-electron chi connectivity index (χ0n) is 32.4. The maximum absolute atomic E-state index is 6.49. The van der Waals surface area contributed by atoms with Crippen LogP contribution >= 0.6 is 0 Å². The van der Waals surface area contributed by atoms with Crippen molar-refractivity contribution in [2.45, 2.75) is 0 Å². The highest BCUT2D eigenvalue weighted by Gasteiger charge is 2.24. The number of oxazole rings is 1. The number of para-hydroxylation sites is 4. The van der Waals surface area contributed by atoms with E-state index < -0.39 is 0 Å². The molecule has 3 aromatic heterocycles. The van der Waals surface area contributed by atoms with Crippen LogP contribution in [-0.4, -0.2) is 9.55 Å². The second-order valence-electron chi connectivity index (χ2n) is 15.1. The molecule has 0 spiro atoms. The molecule has 0 aliphatic carbocycles. The molecule has 0 bridgehead atoms. The van der Waals surface area contributed by atoms with E-state index in [1.807, 2.05) is 42.5 Å². The number of benzene rings is 9. The lowest BCUT2D eigenvalue weighted by Gasteiger charge is -2.29. The molecule has 9 aromatic carbocycles. The number of fused-ring (bicyclic) bond motifs is 8. The molecule has 0 aliphatic rings. The Hall–Kier alpha value is -8.15. The van der Waals surface area contributed by atoms with Crippen LogP contribution in [0.1, 0.15) is 0 Å². The molecule has 282 valence electrons. The van der Waals surface area contributed by atoms with Gasteiger partial charge in [-0.15, -0.1) is 0 Å². The average molecular weight is 770 g/mol. The van der Waals surface area contributed by atoms with Crippen molar-refractivity contribution in [3.8, 4) is 39.4 Å². The Morgan fingerprint density at radius 3 is 1.88 bits per heavy atom. The second-order valence-corrected chi connectivity index (χ2v) is 15.1. The minimum Gasteiger partial charge on any atom is -0.456 e. The van der Waals surface area contributed by atoms with Gasteiger partial charge in [0, 0.05) is 38.7 Å². The molecule has 0 saturated carbocycles.